The molecule has 0 aliphatic rings. The van der Waals surface area contributed by atoms with E-state index in [0.29, 0.717) is 5.75 Å². The monoisotopic (exact) mass is 494 g/mol. The summed E-state index contributed by atoms with van der Waals surface area (Å²) in [7, 11) is 0. The number of ether oxygens (including phenoxy) is 1. The van der Waals surface area contributed by atoms with E-state index in [1.807, 2.05) is 0 Å². The molecule has 0 amide bonds. The molecule has 0 aliphatic heterocycles. The number of carbonyl (C=O) groups is 1. The van der Waals surface area contributed by atoms with Crippen molar-refractivity contribution in [3.8, 4) is 16.9 Å². The van der Waals surface area contributed by atoms with Gasteiger partial charge in [-0.1, -0.05) is 84.9 Å². The highest BCUT2D eigenvalue weighted by Crippen LogP contribution is 2.40. The topological polar surface area (TPSA) is 46.5 Å². The summed E-state index contributed by atoms with van der Waals surface area (Å²) in [5.74, 6) is 0.553. The van der Waals surface area contributed by atoms with Crippen LogP contribution >= 0.6 is 0 Å². The summed E-state index contributed by atoms with van der Waals surface area (Å²) < 4.78 is 5.52. The number of aryl methyl sites for hydroxylation is 1. The normalized spacial score (nSPS) is 11.1. The van der Waals surface area contributed by atoms with Crippen molar-refractivity contribution in [1.29, 1.82) is 0 Å². The average Bonchev–Trinajstić information content (AvgIpc) is 2.87. The van der Waals surface area contributed by atoms with Gasteiger partial charge in [-0.25, -0.2) is 4.79 Å². The van der Waals surface area contributed by atoms with Gasteiger partial charge >= 0.3 is 6.16 Å². The van der Waals surface area contributed by atoms with Gasteiger partial charge in [0.05, 0.1) is 0 Å². The molecule has 0 saturated heterocycles. The largest absolute Gasteiger partial charge is 0.511 e. The summed E-state index contributed by atoms with van der Waals surface area (Å²) in [6.07, 6.45) is 15.2. The van der Waals surface area contributed by atoms with Crippen LogP contribution in [0.3, 0.4) is 0 Å². The Morgan fingerprint density at radius 3 is 1.69 bits per heavy atom. The fourth-order valence-electron chi connectivity index (χ4n) is 5.28. The van der Waals surface area contributed by atoms with E-state index in [4.69, 9.17) is 4.74 Å². The predicted octanol–water partition coefficient (Wildman–Crippen LogP) is 10.1. The van der Waals surface area contributed by atoms with Crippen LogP contribution in [0, 0.1) is 0 Å². The third-order valence-electron chi connectivity index (χ3n) is 7.31. The van der Waals surface area contributed by atoms with Crippen molar-refractivity contribution in [2.45, 2.75) is 131 Å². The molecule has 3 nitrogen and oxygen atoms in total. The summed E-state index contributed by atoms with van der Waals surface area (Å²) in [4.78, 5) is 11.8. The second-order valence-corrected chi connectivity index (χ2v) is 10.2. The lowest BCUT2D eigenvalue weighted by atomic mass is 9.82. The van der Waals surface area contributed by atoms with Crippen molar-refractivity contribution in [1.82, 2.24) is 0 Å². The predicted molar refractivity (Wildman–Crippen MR) is 154 cm³/mol. The molecule has 0 aliphatic carbocycles. The first-order valence-electron chi connectivity index (χ1n) is 14.7. The van der Waals surface area contributed by atoms with E-state index >= 15 is 0 Å². The molecule has 0 aromatic heterocycles. The van der Waals surface area contributed by atoms with Crippen LogP contribution in [0.4, 0.5) is 4.79 Å². The molecule has 3 heteroatoms. The van der Waals surface area contributed by atoms with Crippen LogP contribution in [-0.2, 0) is 32.1 Å². The van der Waals surface area contributed by atoms with E-state index in [0.717, 1.165) is 89.0 Å². The molecule has 1 N–H and O–H groups in total. The first kappa shape index (κ1) is 29.9. The van der Waals surface area contributed by atoms with Gasteiger partial charge in [-0.2, -0.15) is 0 Å². The van der Waals surface area contributed by atoms with Crippen LogP contribution in [0.15, 0.2) is 24.3 Å². The highest BCUT2D eigenvalue weighted by molar-refractivity contribution is 5.77. The first-order chi connectivity index (χ1) is 17.5. The van der Waals surface area contributed by atoms with Gasteiger partial charge in [-0.05, 0) is 109 Å². The van der Waals surface area contributed by atoms with Crippen LogP contribution in [-0.4, -0.2) is 11.3 Å². The van der Waals surface area contributed by atoms with E-state index in [1.165, 1.54) is 46.2 Å². The van der Waals surface area contributed by atoms with E-state index in [2.05, 4.69) is 58.9 Å². The van der Waals surface area contributed by atoms with E-state index in [-0.39, 0.29) is 0 Å². The SMILES string of the molecule is CCCCc1cccc(-c2cc(OC(=O)O)c(CCCC)c(CCCC)c2CCCC)c1CCCC. The average molecular weight is 495 g/mol. The van der Waals surface area contributed by atoms with Crippen LogP contribution in [0.25, 0.3) is 11.1 Å². The third kappa shape index (κ3) is 8.39. The van der Waals surface area contributed by atoms with Crippen LogP contribution in [0.5, 0.6) is 5.75 Å². The van der Waals surface area contributed by atoms with Crippen molar-refractivity contribution in [3.63, 3.8) is 0 Å². The van der Waals surface area contributed by atoms with Crippen molar-refractivity contribution in [2.75, 3.05) is 0 Å². The second-order valence-electron chi connectivity index (χ2n) is 10.2. The van der Waals surface area contributed by atoms with Crippen LogP contribution < -0.4 is 4.74 Å². The molecule has 0 fully saturated rings. The molecule has 200 valence electrons. The Morgan fingerprint density at radius 2 is 1.14 bits per heavy atom. The Labute approximate surface area is 220 Å². The zero-order chi connectivity index (χ0) is 26.3. The molecule has 0 bridgehead atoms. The summed E-state index contributed by atoms with van der Waals surface area (Å²) in [6, 6.07) is 8.85. The standard InChI is InChI=1S/C33H50O3/c1-6-11-17-25-18-16-23-27(26(25)19-12-7-2)31-24-32(36-33(34)35)30(22-15-10-5)28(20-13-8-3)29(31)21-14-9-4/h16,18,23-24H,6-15,17,19-22H2,1-5H3,(H,34,35). The fraction of sp³-hybridized carbons (Fsp3) is 0.606. The number of hydrogen-bond donors (Lipinski definition) is 1. The summed E-state index contributed by atoms with van der Waals surface area (Å²) >= 11 is 0. The summed E-state index contributed by atoms with van der Waals surface area (Å²) in [5.41, 5.74) is 9.31. The second kappa shape index (κ2) is 16.5. The Kier molecular flexibility index (Phi) is 13.7. The smallest absolute Gasteiger partial charge is 0.449 e. The molecule has 0 radical (unpaired) electrons. The molecule has 36 heavy (non-hydrogen) atoms. The van der Waals surface area contributed by atoms with Gasteiger partial charge in [-0.15, -0.1) is 0 Å². The minimum absolute atomic E-state index is 0.553. The zero-order valence-corrected chi connectivity index (χ0v) is 23.7. The molecule has 0 unspecified atom stereocenters. The molecule has 2 aromatic rings. The molecular formula is C33H50O3. The maximum absolute atomic E-state index is 11.8. The maximum Gasteiger partial charge on any atom is 0.511 e. The lowest BCUT2D eigenvalue weighted by Crippen LogP contribution is -2.11. The number of hydrogen-bond acceptors (Lipinski definition) is 2. The van der Waals surface area contributed by atoms with Crippen molar-refractivity contribution in [2.24, 2.45) is 0 Å². The number of benzene rings is 2. The highest BCUT2D eigenvalue weighted by atomic mass is 16.7. The van der Waals surface area contributed by atoms with Crippen molar-refractivity contribution in [3.05, 3.63) is 52.1 Å². The van der Waals surface area contributed by atoms with Gasteiger partial charge in [0.25, 0.3) is 0 Å². The first-order valence-corrected chi connectivity index (χ1v) is 14.7. The molecular weight excluding hydrogens is 444 g/mol. The number of carboxylic acid groups (broad SMARTS) is 1. The van der Waals surface area contributed by atoms with E-state index in [1.54, 1.807) is 0 Å². The Hall–Kier alpha value is -2.29. The molecule has 0 atom stereocenters. The lowest BCUT2D eigenvalue weighted by molar-refractivity contribution is 0.144. The minimum Gasteiger partial charge on any atom is -0.449 e. The van der Waals surface area contributed by atoms with E-state index < -0.39 is 6.16 Å². The summed E-state index contributed by atoms with van der Waals surface area (Å²) in [6.45, 7) is 11.2. The van der Waals surface area contributed by atoms with Crippen LogP contribution in [0.1, 0.15) is 127 Å². The van der Waals surface area contributed by atoms with Gasteiger partial charge in [0.1, 0.15) is 5.75 Å². The van der Waals surface area contributed by atoms with Gasteiger partial charge in [0, 0.05) is 0 Å². The lowest BCUT2D eigenvalue weighted by Gasteiger charge is -2.24. The summed E-state index contributed by atoms with van der Waals surface area (Å²) in [5, 5.41) is 9.65. The number of rotatable bonds is 17. The van der Waals surface area contributed by atoms with Crippen molar-refractivity contribution < 1.29 is 14.6 Å². The van der Waals surface area contributed by atoms with Crippen LogP contribution in [0.2, 0.25) is 0 Å². The molecule has 0 saturated carbocycles. The van der Waals surface area contributed by atoms with Crippen molar-refractivity contribution >= 4 is 6.16 Å². The Morgan fingerprint density at radius 1 is 0.639 bits per heavy atom. The fourth-order valence-corrected chi connectivity index (χ4v) is 5.28. The Bertz CT molecular complexity index is 944. The molecule has 0 spiro atoms. The third-order valence-corrected chi connectivity index (χ3v) is 7.31. The van der Waals surface area contributed by atoms with Gasteiger partial charge in [-0.3, -0.25) is 0 Å². The zero-order valence-electron chi connectivity index (χ0n) is 23.7. The molecule has 2 rings (SSSR count). The molecule has 2 aromatic carbocycles. The minimum atomic E-state index is -1.22. The van der Waals surface area contributed by atoms with Gasteiger partial charge < -0.3 is 9.84 Å². The van der Waals surface area contributed by atoms with Gasteiger partial charge in [0.15, 0.2) is 0 Å². The quantitative estimate of drug-likeness (QED) is 0.176. The highest BCUT2D eigenvalue weighted by Gasteiger charge is 2.22. The maximum atomic E-state index is 11.8. The van der Waals surface area contributed by atoms with Gasteiger partial charge in [0.2, 0.25) is 0 Å². The molecule has 0 heterocycles. The number of unbranched alkanes of at least 4 members (excludes halogenated alkanes) is 5. The van der Waals surface area contributed by atoms with E-state index in [9.17, 15) is 9.90 Å². The Balaban J connectivity index is 2.87.